The van der Waals surface area contributed by atoms with E-state index in [2.05, 4.69) is 0 Å². The molecule has 0 aliphatic rings. The molecule has 0 saturated carbocycles. The van der Waals surface area contributed by atoms with Gasteiger partial charge in [0.2, 0.25) is 0 Å². The molecule has 0 saturated heterocycles. The average Bonchev–Trinajstić information content (AvgIpc) is 1.67. The van der Waals surface area contributed by atoms with Crippen molar-refractivity contribution in [2.45, 2.75) is 13.8 Å². The average molecular weight is 114 g/mol. The lowest BCUT2D eigenvalue weighted by Crippen LogP contribution is -2.01. The van der Waals surface area contributed by atoms with E-state index in [1.54, 1.807) is 13.8 Å². The third-order valence-electron chi connectivity index (χ3n) is 0.808. The van der Waals surface area contributed by atoms with Crippen LogP contribution >= 0.6 is 0 Å². The van der Waals surface area contributed by atoms with Crippen molar-refractivity contribution in [1.29, 1.82) is 0 Å². The van der Waals surface area contributed by atoms with Crippen LogP contribution in [0.3, 0.4) is 0 Å². The van der Waals surface area contributed by atoms with Gasteiger partial charge in [0.05, 0.1) is 6.26 Å². The van der Waals surface area contributed by atoms with Gasteiger partial charge in [-0.3, -0.25) is 4.79 Å². The molecule has 0 rings (SSSR count). The topological polar surface area (TPSA) is 37.3 Å². The van der Waals surface area contributed by atoms with Gasteiger partial charge in [-0.1, -0.05) is 13.8 Å². The van der Waals surface area contributed by atoms with Crippen LogP contribution in [-0.4, -0.2) is 10.9 Å². The van der Waals surface area contributed by atoms with Crippen molar-refractivity contribution in [2.24, 2.45) is 5.92 Å². The molecular weight excluding hydrogens is 104 g/mol. The summed E-state index contributed by atoms with van der Waals surface area (Å²) in [5.74, 6) is -0.0640. The summed E-state index contributed by atoms with van der Waals surface area (Å²) in [6.45, 7) is 3.56. The molecule has 0 fully saturated rings. The van der Waals surface area contributed by atoms with Crippen LogP contribution in [0.5, 0.6) is 0 Å². The molecule has 0 aliphatic carbocycles. The lowest BCUT2D eigenvalue weighted by molar-refractivity contribution is -0.117. The van der Waals surface area contributed by atoms with Crippen molar-refractivity contribution in [1.82, 2.24) is 0 Å². The van der Waals surface area contributed by atoms with E-state index in [9.17, 15) is 4.79 Å². The van der Waals surface area contributed by atoms with Crippen molar-refractivity contribution < 1.29 is 9.90 Å². The third-order valence-corrected chi connectivity index (χ3v) is 0.808. The molecule has 0 spiro atoms. The highest BCUT2D eigenvalue weighted by Gasteiger charge is 1.99. The highest BCUT2D eigenvalue weighted by Crippen LogP contribution is 1.93. The minimum Gasteiger partial charge on any atom is -0.515 e. The molecule has 0 radical (unpaired) electrons. The van der Waals surface area contributed by atoms with E-state index in [0.29, 0.717) is 0 Å². The van der Waals surface area contributed by atoms with Gasteiger partial charge in [-0.2, -0.15) is 0 Å². The molecule has 0 aliphatic heterocycles. The molecule has 0 aromatic heterocycles. The van der Waals surface area contributed by atoms with E-state index in [0.717, 1.165) is 12.3 Å². The van der Waals surface area contributed by atoms with E-state index in [1.807, 2.05) is 0 Å². The molecule has 2 heteroatoms. The lowest BCUT2D eigenvalue weighted by atomic mass is 10.1. The molecule has 0 bridgehead atoms. The standard InChI is InChI=1S/C6H10O2/c1-5(2)6(8)3-4-7/h3-5,7H,1-2H3. The van der Waals surface area contributed by atoms with E-state index >= 15 is 0 Å². The Morgan fingerprint density at radius 1 is 1.62 bits per heavy atom. The fourth-order valence-corrected chi connectivity index (χ4v) is 0.266. The summed E-state index contributed by atoms with van der Waals surface area (Å²) in [6.07, 6.45) is 1.92. The summed E-state index contributed by atoms with van der Waals surface area (Å²) in [4.78, 5) is 10.5. The van der Waals surface area contributed by atoms with Gasteiger partial charge < -0.3 is 5.11 Å². The first-order chi connectivity index (χ1) is 3.68. The first-order valence-electron chi connectivity index (χ1n) is 2.53. The smallest absolute Gasteiger partial charge is 0.161 e. The zero-order valence-corrected chi connectivity index (χ0v) is 5.09. The second-order valence-electron chi connectivity index (χ2n) is 1.87. The minimum atomic E-state index is -0.0486. The normalized spacial score (nSPS) is 10.9. The monoisotopic (exact) mass is 114 g/mol. The number of hydrogen-bond donors (Lipinski definition) is 1. The molecule has 0 amide bonds. The summed E-state index contributed by atoms with van der Waals surface area (Å²) in [6, 6.07) is 0. The summed E-state index contributed by atoms with van der Waals surface area (Å²) in [5, 5.41) is 8.08. The highest BCUT2D eigenvalue weighted by molar-refractivity contribution is 5.90. The molecule has 0 unspecified atom stereocenters. The second-order valence-corrected chi connectivity index (χ2v) is 1.87. The summed E-state index contributed by atoms with van der Waals surface area (Å²) >= 11 is 0. The Kier molecular flexibility index (Phi) is 2.92. The maximum absolute atomic E-state index is 10.5. The molecule has 8 heavy (non-hydrogen) atoms. The van der Waals surface area contributed by atoms with Crippen molar-refractivity contribution in [3.8, 4) is 0 Å². The van der Waals surface area contributed by atoms with Crippen molar-refractivity contribution in [3.63, 3.8) is 0 Å². The minimum absolute atomic E-state index is 0.0154. The molecule has 2 nitrogen and oxygen atoms in total. The Morgan fingerprint density at radius 2 is 2.12 bits per heavy atom. The number of rotatable bonds is 2. The Balaban J connectivity index is 3.66. The van der Waals surface area contributed by atoms with Crippen LogP contribution in [0.15, 0.2) is 12.3 Å². The van der Waals surface area contributed by atoms with Gasteiger partial charge in [-0.05, 0) is 0 Å². The second kappa shape index (κ2) is 3.24. The van der Waals surface area contributed by atoms with E-state index < -0.39 is 0 Å². The quantitative estimate of drug-likeness (QED) is 0.433. The van der Waals surface area contributed by atoms with E-state index in [4.69, 9.17) is 5.11 Å². The van der Waals surface area contributed by atoms with Crippen LogP contribution in [0, 0.1) is 5.92 Å². The van der Waals surface area contributed by atoms with Gasteiger partial charge in [0.15, 0.2) is 5.78 Å². The van der Waals surface area contributed by atoms with Crippen LogP contribution in [0.4, 0.5) is 0 Å². The number of carbonyl (C=O) groups excluding carboxylic acids is 1. The molecule has 1 N–H and O–H groups in total. The Hall–Kier alpha value is -0.790. The van der Waals surface area contributed by atoms with Gasteiger partial charge in [0.25, 0.3) is 0 Å². The molecular formula is C6H10O2. The zero-order valence-electron chi connectivity index (χ0n) is 5.09. The van der Waals surface area contributed by atoms with Gasteiger partial charge in [0.1, 0.15) is 0 Å². The predicted octanol–water partition coefficient (Wildman–Crippen LogP) is 1.28. The van der Waals surface area contributed by atoms with E-state index in [1.165, 1.54) is 0 Å². The Bertz CT molecular complexity index is 103. The first-order valence-corrected chi connectivity index (χ1v) is 2.53. The zero-order chi connectivity index (χ0) is 6.57. The summed E-state index contributed by atoms with van der Waals surface area (Å²) < 4.78 is 0. The third kappa shape index (κ3) is 2.39. The number of aliphatic hydroxyl groups excluding tert-OH is 1. The van der Waals surface area contributed by atoms with Crippen LogP contribution in [0.1, 0.15) is 13.8 Å². The number of ketones is 1. The number of allylic oxidation sites excluding steroid dienone is 1. The van der Waals surface area contributed by atoms with Gasteiger partial charge in [-0.25, -0.2) is 0 Å². The maximum Gasteiger partial charge on any atom is 0.161 e. The summed E-state index contributed by atoms with van der Waals surface area (Å²) in [7, 11) is 0. The molecule has 0 aromatic rings. The number of carbonyl (C=O) groups is 1. The lowest BCUT2D eigenvalue weighted by Gasteiger charge is -1.93. The van der Waals surface area contributed by atoms with Crippen molar-refractivity contribution in [3.05, 3.63) is 12.3 Å². The Morgan fingerprint density at radius 3 is 2.25 bits per heavy atom. The highest BCUT2D eigenvalue weighted by atomic mass is 16.2. The molecule has 0 aromatic carbocycles. The SMILES string of the molecule is CC(C)C(=O)C=CO. The van der Waals surface area contributed by atoms with Crippen LogP contribution < -0.4 is 0 Å². The largest absolute Gasteiger partial charge is 0.515 e. The van der Waals surface area contributed by atoms with Crippen molar-refractivity contribution >= 4 is 5.78 Å². The maximum atomic E-state index is 10.5. The van der Waals surface area contributed by atoms with Crippen LogP contribution in [-0.2, 0) is 4.79 Å². The van der Waals surface area contributed by atoms with Crippen LogP contribution in [0.25, 0.3) is 0 Å². The molecule has 46 valence electrons. The summed E-state index contributed by atoms with van der Waals surface area (Å²) in [5.41, 5.74) is 0. The van der Waals surface area contributed by atoms with Gasteiger partial charge in [-0.15, -0.1) is 0 Å². The van der Waals surface area contributed by atoms with Gasteiger partial charge >= 0.3 is 0 Å². The van der Waals surface area contributed by atoms with Crippen LogP contribution in [0.2, 0.25) is 0 Å². The van der Waals surface area contributed by atoms with Gasteiger partial charge in [0, 0.05) is 12.0 Å². The predicted molar refractivity (Wildman–Crippen MR) is 31.6 cm³/mol. The Labute approximate surface area is 48.8 Å². The number of aliphatic hydroxyl groups is 1. The molecule has 0 atom stereocenters. The fraction of sp³-hybridized carbons (Fsp3) is 0.500. The van der Waals surface area contributed by atoms with Crippen molar-refractivity contribution in [2.75, 3.05) is 0 Å². The fourth-order valence-electron chi connectivity index (χ4n) is 0.266. The first kappa shape index (κ1) is 7.21. The molecule has 0 heterocycles. The van der Waals surface area contributed by atoms with E-state index in [-0.39, 0.29) is 11.7 Å². The number of hydrogen-bond acceptors (Lipinski definition) is 2.